The Morgan fingerprint density at radius 2 is 1.42 bits per heavy atom. The molecule has 3 rings (SSSR count). The lowest BCUT2D eigenvalue weighted by molar-refractivity contribution is 0.102. The molecule has 0 aliphatic rings. The first-order chi connectivity index (χ1) is 15.3. The fraction of sp³-hybridized carbons (Fsp3) is 0.136. The zero-order valence-electron chi connectivity index (χ0n) is 18.0. The number of nitrogens with one attached hydrogen (secondary N) is 3. The summed E-state index contributed by atoms with van der Waals surface area (Å²) in [6.07, 6.45) is 1.04. The fourth-order valence-corrected chi connectivity index (χ4v) is 4.77. The first kappa shape index (κ1) is 24.6. The summed E-state index contributed by atoms with van der Waals surface area (Å²) in [4.78, 5) is 12.6. The number of aryl methyl sites for hydroxylation is 2. The van der Waals surface area contributed by atoms with Crippen molar-refractivity contribution in [1.29, 1.82) is 0 Å². The molecule has 0 aromatic heterocycles. The van der Waals surface area contributed by atoms with Gasteiger partial charge in [0.05, 0.1) is 22.5 Å². The highest BCUT2D eigenvalue weighted by Crippen LogP contribution is 2.24. The van der Waals surface area contributed by atoms with E-state index in [2.05, 4.69) is 14.8 Å². The first-order valence-corrected chi connectivity index (χ1v) is 13.4. The molecule has 33 heavy (non-hydrogen) atoms. The fourth-order valence-electron chi connectivity index (χ4n) is 2.91. The van der Waals surface area contributed by atoms with Crippen molar-refractivity contribution in [3.8, 4) is 0 Å². The van der Waals surface area contributed by atoms with Crippen molar-refractivity contribution in [3.05, 3.63) is 82.4 Å². The molecule has 0 fully saturated rings. The maximum Gasteiger partial charge on any atom is 0.261 e. The van der Waals surface area contributed by atoms with Gasteiger partial charge in [-0.05, 0) is 79.6 Å². The van der Waals surface area contributed by atoms with Gasteiger partial charge in [-0.25, -0.2) is 16.8 Å². The van der Waals surface area contributed by atoms with E-state index >= 15 is 0 Å². The van der Waals surface area contributed by atoms with E-state index in [-0.39, 0.29) is 4.90 Å². The lowest BCUT2D eigenvalue weighted by Crippen LogP contribution is -2.15. The van der Waals surface area contributed by atoms with Crippen LogP contribution in [0.4, 0.5) is 17.1 Å². The van der Waals surface area contributed by atoms with Gasteiger partial charge in [0, 0.05) is 16.3 Å². The smallest absolute Gasteiger partial charge is 0.261 e. The van der Waals surface area contributed by atoms with Gasteiger partial charge in [-0.3, -0.25) is 14.2 Å². The first-order valence-electron chi connectivity index (χ1n) is 9.63. The average molecular weight is 508 g/mol. The molecule has 3 aromatic carbocycles. The van der Waals surface area contributed by atoms with Crippen molar-refractivity contribution in [1.82, 2.24) is 0 Å². The summed E-state index contributed by atoms with van der Waals surface area (Å²) >= 11 is 6.05. The number of sulfonamides is 2. The number of amides is 1. The molecule has 0 saturated carbocycles. The van der Waals surface area contributed by atoms with Crippen LogP contribution in [0.1, 0.15) is 21.5 Å². The molecule has 0 unspecified atom stereocenters. The minimum Gasteiger partial charge on any atom is -0.322 e. The summed E-state index contributed by atoms with van der Waals surface area (Å²) in [5, 5.41) is 3.13. The molecule has 11 heteroatoms. The van der Waals surface area contributed by atoms with Crippen LogP contribution in [0.25, 0.3) is 0 Å². The van der Waals surface area contributed by atoms with Gasteiger partial charge < -0.3 is 5.32 Å². The molecule has 0 atom stereocenters. The zero-order valence-corrected chi connectivity index (χ0v) is 20.4. The molecule has 3 N–H and O–H groups in total. The molecule has 0 radical (unpaired) electrons. The van der Waals surface area contributed by atoms with Crippen LogP contribution in [0.3, 0.4) is 0 Å². The van der Waals surface area contributed by atoms with E-state index in [1.165, 1.54) is 42.5 Å². The van der Waals surface area contributed by atoms with Crippen LogP contribution in [0.5, 0.6) is 0 Å². The lowest BCUT2D eigenvalue weighted by Gasteiger charge is -2.11. The standard InChI is InChI=1S/C22H22ClN3O5S2/c1-14-4-6-18(13-20(14)23)25-33(30,31)19-9-7-17(8-10-19)24-22(27)16-5-11-21(15(2)12-16)26-32(3,28)29/h4-13,25-26H,1-3H3,(H,24,27). The van der Waals surface area contributed by atoms with Crippen LogP contribution in [-0.2, 0) is 20.0 Å². The predicted octanol–water partition coefficient (Wildman–Crippen LogP) is 4.38. The topological polar surface area (TPSA) is 121 Å². The maximum absolute atomic E-state index is 12.6. The number of hydrogen-bond donors (Lipinski definition) is 3. The van der Waals surface area contributed by atoms with Crippen LogP contribution in [0.15, 0.2) is 65.6 Å². The van der Waals surface area contributed by atoms with E-state index in [1.54, 1.807) is 25.1 Å². The molecule has 0 saturated heterocycles. The second-order valence-corrected chi connectivity index (χ2v) is 11.3. The normalized spacial score (nSPS) is 11.6. The van der Waals surface area contributed by atoms with Crippen LogP contribution < -0.4 is 14.8 Å². The number of anilines is 3. The highest BCUT2D eigenvalue weighted by molar-refractivity contribution is 7.92. The molecule has 0 bridgehead atoms. The summed E-state index contributed by atoms with van der Waals surface area (Å²) in [6, 6.07) is 15.1. The van der Waals surface area contributed by atoms with E-state index in [4.69, 9.17) is 11.6 Å². The highest BCUT2D eigenvalue weighted by atomic mass is 35.5. The van der Waals surface area contributed by atoms with Gasteiger partial charge in [-0.15, -0.1) is 0 Å². The van der Waals surface area contributed by atoms with Crippen LogP contribution >= 0.6 is 11.6 Å². The van der Waals surface area contributed by atoms with Gasteiger partial charge in [0.1, 0.15) is 0 Å². The third-order valence-electron chi connectivity index (χ3n) is 4.63. The number of halogens is 1. The van der Waals surface area contributed by atoms with Crippen molar-refractivity contribution in [2.75, 3.05) is 21.0 Å². The Bertz CT molecular complexity index is 1420. The number of hydrogen-bond acceptors (Lipinski definition) is 5. The Morgan fingerprint density at radius 3 is 2.00 bits per heavy atom. The molecule has 1 amide bonds. The Morgan fingerprint density at radius 1 is 0.788 bits per heavy atom. The Balaban J connectivity index is 1.71. The van der Waals surface area contributed by atoms with Crippen molar-refractivity contribution >= 4 is 54.6 Å². The predicted molar refractivity (Wildman–Crippen MR) is 131 cm³/mol. The monoisotopic (exact) mass is 507 g/mol. The Labute approximate surface area is 198 Å². The SMILES string of the molecule is Cc1ccc(NS(=O)(=O)c2ccc(NC(=O)c3ccc(NS(C)(=O)=O)c(C)c3)cc2)cc1Cl. The number of rotatable bonds is 7. The average Bonchev–Trinajstić information content (AvgIpc) is 2.71. The van der Waals surface area contributed by atoms with Crippen molar-refractivity contribution in [3.63, 3.8) is 0 Å². The second kappa shape index (κ2) is 9.42. The van der Waals surface area contributed by atoms with Gasteiger partial charge in [-0.1, -0.05) is 17.7 Å². The van der Waals surface area contributed by atoms with Crippen LogP contribution in [0, 0.1) is 13.8 Å². The van der Waals surface area contributed by atoms with Crippen LogP contribution in [0.2, 0.25) is 5.02 Å². The molecule has 0 aliphatic carbocycles. The molecule has 3 aromatic rings. The largest absolute Gasteiger partial charge is 0.322 e. The third kappa shape index (κ3) is 6.47. The van der Waals surface area contributed by atoms with E-state index < -0.39 is 26.0 Å². The molecule has 8 nitrogen and oxygen atoms in total. The van der Waals surface area contributed by atoms with Gasteiger partial charge in [0.2, 0.25) is 10.0 Å². The molecule has 0 aliphatic heterocycles. The minimum atomic E-state index is -3.84. The van der Waals surface area contributed by atoms with Gasteiger partial charge in [0.25, 0.3) is 15.9 Å². The summed E-state index contributed by atoms with van der Waals surface area (Å²) in [5.74, 6) is -0.424. The summed E-state index contributed by atoms with van der Waals surface area (Å²) < 4.78 is 52.9. The van der Waals surface area contributed by atoms with Gasteiger partial charge >= 0.3 is 0 Å². The summed E-state index contributed by atoms with van der Waals surface area (Å²) in [5.41, 5.74) is 2.85. The summed E-state index contributed by atoms with van der Waals surface area (Å²) in [7, 11) is -7.28. The lowest BCUT2D eigenvalue weighted by atomic mass is 10.1. The van der Waals surface area contributed by atoms with E-state index in [9.17, 15) is 21.6 Å². The molecule has 0 spiro atoms. The van der Waals surface area contributed by atoms with E-state index in [0.29, 0.717) is 33.2 Å². The molecule has 0 heterocycles. The molecular formula is C22H22ClN3O5S2. The number of carbonyl (C=O) groups excluding carboxylic acids is 1. The minimum absolute atomic E-state index is 0.0178. The van der Waals surface area contributed by atoms with Crippen molar-refractivity contribution in [2.24, 2.45) is 0 Å². The summed E-state index contributed by atoms with van der Waals surface area (Å²) in [6.45, 7) is 3.49. The highest BCUT2D eigenvalue weighted by Gasteiger charge is 2.16. The van der Waals surface area contributed by atoms with E-state index in [1.807, 2.05) is 6.92 Å². The third-order valence-corrected chi connectivity index (χ3v) is 7.03. The number of carbonyl (C=O) groups is 1. The Kier molecular flexibility index (Phi) is 7.01. The Hall–Kier alpha value is -3.08. The number of benzene rings is 3. The molecule has 174 valence electrons. The second-order valence-electron chi connectivity index (χ2n) is 7.45. The molecular weight excluding hydrogens is 486 g/mol. The van der Waals surface area contributed by atoms with Crippen molar-refractivity contribution < 1.29 is 21.6 Å². The van der Waals surface area contributed by atoms with Crippen molar-refractivity contribution in [2.45, 2.75) is 18.7 Å². The van der Waals surface area contributed by atoms with E-state index in [0.717, 1.165) is 11.8 Å². The van der Waals surface area contributed by atoms with Crippen LogP contribution in [-0.4, -0.2) is 29.0 Å². The van der Waals surface area contributed by atoms with Gasteiger partial charge in [-0.2, -0.15) is 0 Å². The zero-order chi connectivity index (χ0) is 24.4. The quantitative estimate of drug-likeness (QED) is 0.438. The van der Waals surface area contributed by atoms with Gasteiger partial charge in [0.15, 0.2) is 0 Å². The maximum atomic E-state index is 12.6.